The summed E-state index contributed by atoms with van der Waals surface area (Å²) in [6.45, 7) is 0.0495. The monoisotopic (exact) mass is 318 g/mol. The van der Waals surface area contributed by atoms with E-state index in [2.05, 4.69) is 4.74 Å². The van der Waals surface area contributed by atoms with Crippen LogP contribution in [0.5, 0.6) is 5.75 Å². The number of esters is 1. The van der Waals surface area contributed by atoms with Gasteiger partial charge in [0.1, 0.15) is 5.75 Å². The van der Waals surface area contributed by atoms with Crippen LogP contribution in [0.25, 0.3) is 0 Å². The first-order chi connectivity index (χ1) is 9.32. The average molecular weight is 319 g/mol. The summed E-state index contributed by atoms with van der Waals surface area (Å²) in [4.78, 5) is 23.3. The van der Waals surface area contributed by atoms with Crippen molar-refractivity contribution in [3.63, 3.8) is 0 Å². The number of hydrogen-bond acceptors (Lipinski definition) is 6. The first kappa shape index (κ1) is 14.8. The Kier molecular flexibility index (Phi) is 4.01. The summed E-state index contributed by atoms with van der Waals surface area (Å²) in [7, 11) is 2.53. The Balaban J connectivity index is 2.35. The van der Waals surface area contributed by atoms with E-state index in [9.17, 15) is 18.0 Å². The maximum atomic E-state index is 12.2. The first-order valence-corrected chi connectivity index (χ1v) is 7.96. The van der Waals surface area contributed by atoms with Crippen LogP contribution in [0, 0.1) is 5.92 Å². The number of hydrogen-bond donors (Lipinski definition) is 0. The lowest BCUT2D eigenvalue weighted by atomic mass is 9.92. The van der Waals surface area contributed by atoms with Gasteiger partial charge in [0.25, 0.3) is 9.05 Å². The quantitative estimate of drug-likeness (QED) is 0.618. The SMILES string of the molecule is COC(=O)CC1COc2ccc(S(=O)(=O)Cl)cc2C1=O. The highest BCUT2D eigenvalue weighted by Crippen LogP contribution is 2.31. The largest absolute Gasteiger partial charge is 0.492 e. The van der Waals surface area contributed by atoms with Crippen molar-refractivity contribution in [2.45, 2.75) is 11.3 Å². The molecule has 0 bridgehead atoms. The van der Waals surface area contributed by atoms with Crippen LogP contribution in [0.4, 0.5) is 0 Å². The summed E-state index contributed by atoms with van der Waals surface area (Å²) in [5.41, 5.74) is 0.104. The zero-order valence-electron chi connectivity index (χ0n) is 10.5. The summed E-state index contributed by atoms with van der Waals surface area (Å²) in [6, 6.07) is 3.79. The van der Waals surface area contributed by atoms with Gasteiger partial charge in [-0.3, -0.25) is 9.59 Å². The highest BCUT2D eigenvalue weighted by atomic mass is 35.7. The Labute approximate surface area is 120 Å². The Hall–Kier alpha value is -1.60. The van der Waals surface area contributed by atoms with Crippen molar-refractivity contribution in [1.29, 1.82) is 0 Å². The second-order valence-electron chi connectivity index (χ2n) is 4.25. The second-order valence-corrected chi connectivity index (χ2v) is 6.81. The number of ether oxygens (including phenoxy) is 2. The van der Waals surface area contributed by atoms with E-state index in [1.165, 1.54) is 19.2 Å². The molecule has 1 aliphatic rings. The molecule has 2 rings (SSSR count). The molecule has 6 nitrogen and oxygen atoms in total. The van der Waals surface area contributed by atoms with Crippen LogP contribution in [-0.2, 0) is 18.6 Å². The van der Waals surface area contributed by atoms with Gasteiger partial charge in [-0.05, 0) is 18.2 Å². The van der Waals surface area contributed by atoms with Gasteiger partial charge in [0, 0.05) is 10.7 Å². The minimum atomic E-state index is -3.93. The third-order valence-corrected chi connectivity index (χ3v) is 4.30. The fourth-order valence-corrected chi connectivity index (χ4v) is 2.68. The van der Waals surface area contributed by atoms with Gasteiger partial charge in [-0.1, -0.05) is 0 Å². The lowest BCUT2D eigenvalue weighted by molar-refractivity contribution is -0.141. The van der Waals surface area contributed by atoms with Crippen LogP contribution in [0.15, 0.2) is 23.1 Å². The summed E-state index contributed by atoms with van der Waals surface area (Å²) in [5, 5.41) is 0. The molecule has 1 aromatic rings. The van der Waals surface area contributed by atoms with Crippen molar-refractivity contribution in [1.82, 2.24) is 0 Å². The van der Waals surface area contributed by atoms with Gasteiger partial charge in [0.05, 0.1) is 36.5 Å². The van der Waals surface area contributed by atoms with Crippen LogP contribution in [0.1, 0.15) is 16.8 Å². The standard InChI is InChI=1S/C12H11ClO6S/c1-18-11(14)4-7-6-19-10-3-2-8(20(13,16)17)5-9(10)12(7)15/h2-3,5,7H,4,6H2,1H3. The van der Waals surface area contributed by atoms with E-state index in [1.54, 1.807) is 0 Å². The maximum absolute atomic E-state index is 12.2. The first-order valence-electron chi connectivity index (χ1n) is 5.65. The van der Waals surface area contributed by atoms with E-state index >= 15 is 0 Å². The molecule has 1 aromatic carbocycles. The van der Waals surface area contributed by atoms with Crippen LogP contribution >= 0.6 is 10.7 Å². The third-order valence-electron chi connectivity index (χ3n) is 2.95. The van der Waals surface area contributed by atoms with Crippen molar-refractivity contribution in [3.05, 3.63) is 23.8 Å². The molecule has 20 heavy (non-hydrogen) atoms. The lowest BCUT2D eigenvalue weighted by Crippen LogP contribution is -2.30. The van der Waals surface area contributed by atoms with E-state index in [1.807, 2.05) is 0 Å². The van der Waals surface area contributed by atoms with Crippen molar-refractivity contribution >= 4 is 31.5 Å². The molecule has 1 atom stereocenters. The fraction of sp³-hybridized carbons (Fsp3) is 0.333. The highest BCUT2D eigenvalue weighted by molar-refractivity contribution is 8.13. The van der Waals surface area contributed by atoms with Crippen molar-refractivity contribution in [3.8, 4) is 5.75 Å². The van der Waals surface area contributed by atoms with E-state index < -0.39 is 20.9 Å². The van der Waals surface area contributed by atoms with Gasteiger partial charge < -0.3 is 9.47 Å². The van der Waals surface area contributed by atoms with Gasteiger partial charge in [-0.15, -0.1) is 0 Å². The number of fused-ring (bicyclic) bond motifs is 1. The number of Topliss-reactive ketones (excluding diaryl/α,β-unsaturated/α-hetero) is 1. The Morgan fingerprint density at radius 3 is 2.80 bits per heavy atom. The molecule has 0 saturated heterocycles. The Morgan fingerprint density at radius 2 is 2.20 bits per heavy atom. The smallest absolute Gasteiger partial charge is 0.306 e. The molecule has 1 aliphatic heterocycles. The molecule has 1 heterocycles. The molecule has 0 spiro atoms. The zero-order valence-corrected chi connectivity index (χ0v) is 12.0. The van der Waals surface area contributed by atoms with Gasteiger partial charge in [-0.2, -0.15) is 0 Å². The minimum absolute atomic E-state index is 0.0495. The van der Waals surface area contributed by atoms with E-state index in [-0.39, 0.29) is 35.0 Å². The molecule has 0 N–H and O–H groups in total. The maximum Gasteiger partial charge on any atom is 0.306 e. The summed E-state index contributed by atoms with van der Waals surface area (Å²) in [5.74, 6) is -1.31. The molecule has 0 amide bonds. The molecular weight excluding hydrogens is 308 g/mol. The average Bonchev–Trinajstić information content (AvgIpc) is 2.40. The number of rotatable bonds is 3. The van der Waals surface area contributed by atoms with Gasteiger partial charge in [0.2, 0.25) is 0 Å². The van der Waals surface area contributed by atoms with Crippen LogP contribution in [0.2, 0.25) is 0 Å². The Bertz CT molecular complexity index is 667. The van der Waals surface area contributed by atoms with E-state index in [0.717, 1.165) is 6.07 Å². The van der Waals surface area contributed by atoms with Gasteiger partial charge >= 0.3 is 5.97 Å². The molecule has 0 saturated carbocycles. The third kappa shape index (κ3) is 2.94. The normalized spacial score (nSPS) is 18.1. The number of benzene rings is 1. The van der Waals surface area contributed by atoms with Crippen molar-refractivity contribution < 1.29 is 27.5 Å². The summed E-state index contributed by atoms with van der Waals surface area (Å²) in [6.07, 6.45) is -0.118. The van der Waals surface area contributed by atoms with E-state index in [4.69, 9.17) is 15.4 Å². The van der Waals surface area contributed by atoms with Crippen molar-refractivity contribution in [2.24, 2.45) is 5.92 Å². The zero-order chi connectivity index (χ0) is 14.9. The predicted molar refractivity (Wildman–Crippen MR) is 69.4 cm³/mol. The number of ketones is 1. The number of carbonyl (C=O) groups excluding carboxylic acids is 2. The molecule has 8 heteroatoms. The highest BCUT2D eigenvalue weighted by Gasteiger charge is 2.32. The fourth-order valence-electron chi connectivity index (χ4n) is 1.90. The van der Waals surface area contributed by atoms with Crippen LogP contribution in [0.3, 0.4) is 0 Å². The van der Waals surface area contributed by atoms with E-state index in [0.29, 0.717) is 0 Å². The summed E-state index contributed by atoms with van der Waals surface area (Å²) >= 11 is 0. The molecule has 0 aliphatic carbocycles. The molecule has 0 radical (unpaired) electrons. The lowest BCUT2D eigenvalue weighted by Gasteiger charge is -2.23. The second kappa shape index (κ2) is 5.41. The topological polar surface area (TPSA) is 86.7 Å². The van der Waals surface area contributed by atoms with Crippen molar-refractivity contribution in [2.75, 3.05) is 13.7 Å². The Morgan fingerprint density at radius 1 is 1.50 bits per heavy atom. The van der Waals surface area contributed by atoms with Gasteiger partial charge in [0.15, 0.2) is 5.78 Å². The molecule has 0 fully saturated rings. The molecular formula is C12H11ClO6S. The van der Waals surface area contributed by atoms with Gasteiger partial charge in [-0.25, -0.2) is 8.42 Å². The molecule has 0 aromatic heterocycles. The summed E-state index contributed by atoms with van der Waals surface area (Å²) < 4.78 is 32.4. The van der Waals surface area contributed by atoms with Crippen LogP contribution < -0.4 is 4.74 Å². The predicted octanol–water partition coefficient (Wildman–Crippen LogP) is 1.37. The molecule has 108 valence electrons. The molecule has 1 unspecified atom stereocenters. The number of methoxy groups -OCH3 is 1. The number of halogens is 1. The van der Waals surface area contributed by atoms with Crippen LogP contribution in [-0.4, -0.2) is 33.9 Å². The minimum Gasteiger partial charge on any atom is -0.492 e. The number of carbonyl (C=O) groups is 2.